The number of carbonyl (C=O) groups is 1. The van der Waals surface area contributed by atoms with Crippen LogP contribution in [0.25, 0.3) is 0 Å². The highest BCUT2D eigenvalue weighted by molar-refractivity contribution is 6.05. The average molecular weight is 202 g/mol. The molecule has 0 saturated heterocycles. The normalized spacial score (nSPS) is 24.3. The summed E-state index contributed by atoms with van der Waals surface area (Å²) in [6, 6.07) is 6.07. The summed E-state index contributed by atoms with van der Waals surface area (Å²) in [4.78, 5) is 12.3. The number of benzene rings is 1. The first-order valence-electron chi connectivity index (χ1n) is 5.72. The van der Waals surface area contributed by atoms with Crippen LogP contribution >= 0.6 is 0 Å². The number of rotatable bonds is 2. The lowest BCUT2D eigenvalue weighted by Gasteiger charge is -2.20. The second-order valence-electron chi connectivity index (χ2n) is 4.92. The third-order valence-electron chi connectivity index (χ3n) is 3.57. The lowest BCUT2D eigenvalue weighted by Crippen LogP contribution is -2.23. The van der Waals surface area contributed by atoms with Crippen molar-refractivity contribution >= 4 is 5.78 Å². The van der Waals surface area contributed by atoms with Crippen molar-refractivity contribution in [2.45, 2.75) is 40.0 Å². The molecule has 1 aromatic rings. The third kappa shape index (κ3) is 1.50. The summed E-state index contributed by atoms with van der Waals surface area (Å²) in [6.07, 6.45) is 3.01. The molecule has 0 aliphatic heterocycles. The molecule has 0 fully saturated rings. The molecule has 1 unspecified atom stereocenters. The second kappa shape index (κ2) is 3.48. The molecule has 0 amide bonds. The topological polar surface area (TPSA) is 17.1 Å². The van der Waals surface area contributed by atoms with E-state index in [9.17, 15) is 4.79 Å². The van der Waals surface area contributed by atoms with Gasteiger partial charge in [0, 0.05) is 11.0 Å². The Balaban J connectivity index is 2.45. The molecule has 1 nitrogen and oxygen atoms in total. The van der Waals surface area contributed by atoms with Gasteiger partial charge in [-0.1, -0.05) is 38.5 Å². The molecular weight excluding hydrogens is 184 g/mol. The maximum absolute atomic E-state index is 12.3. The molecule has 0 aromatic heterocycles. The smallest absolute Gasteiger partial charge is 0.169 e. The Labute approximate surface area is 91.5 Å². The number of ketones is 1. The molecule has 1 aliphatic rings. The average Bonchev–Trinajstić information content (AvgIpc) is 2.44. The van der Waals surface area contributed by atoms with Crippen LogP contribution in [-0.2, 0) is 6.42 Å². The Kier molecular flexibility index (Phi) is 2.41. The van der Waals surface area contributed by atoms with Crippen LogP contribution in [0.15, 0.2) is 18.2 Å². The Morgan fingerprint density at radius 2 is 2.13 bits per heavy atom. The van der Waals surface area contributed by atoms with Gasteiger partial charge in [0.1, 0.15) is 0 Å². The Morgan fingerprint density at radius 3 is 2.73 bits per heavy atom. The quantitative estimate of drug-likeness (QED) is 0.717. The zero-order valence-electron chi connectivity index (χ0n) is 9.76. The van der Waals surface area contributed by atoms with E-state index in [1.54, 1.807) is 0 Å². The predicted octanol–water partition coefficient (Wildman–Crippen LogP) is 3.54. The van der Waals surface area contributed by atoms with E-state index < -0.39 is 0 Å². The highest BCUT2D eigenvalue weighted by atomic mass is 16.1. The summed E-state index contributed by atoms with van der Waals surface area (Å²) >= 11 is 0. The van der Waals surface area contributed by atoms with Crippen LogP contribution in [-0.4, -0.2) is 5.78 Å². The number of Topliss-reactive ketones (excluding diaryl/α,β-unsaturated/α-hetero) is 1. The van der Waals surface area contributed by atoms with Crippen LogP contribution in [0.1, 0.15) is 48.2 Å². The van der Waals surface area contributed by atoms with Gasteiger partial charge in [0.15, 0.2) is 5.78 Å². The van der Waals surface area contributed by atoms with Gasteiger partial charge in [-0.15, -0.1) is 0 Å². The summed E-state index contributed by atoms with van der Waals surface area (Å²) in [7, 11) is 0. The van der Waals surface area contributed by atoms with E-state index in [2.05, 4.69) is 26.8 Å². The Bertz CT molecular complexity index is 406. The molecule has 0 heterocycles. The summed E-state index contributed by atoms with van der Waals surface area (Å²) in [5, 5.41) is 0. The largest absolute Gasteiger partial charge is 0.294 e. The van der Waals surface area contributed by atoms with Crippen molar-refractivity contribution in [3.8, 4) is 0 Å². The fourth-order valence-electron chi connectivity index (χ4n) is 2.70. The third-order valence-corrected chi connectivity index (χ3v) is 3.57. The highest BCUT2D eigenvalue weighted by Gasteiger charge is 2.40. The van der Waals surface area contributed by atoms with Gasteiger partial charge in [0.25, 0.3) is 0 Å². The van der Waals surface area contributed by atoms with Gasteiger partial charge in [0.2, 0.25) is 0 Å². The van der Waals surface area contributed by atoms with Gasteiger partial charge < -0.3 is 0 Å². The fraction of sp³-hybridized carbons (Fsp3) is 0.500. The van der Waals surface area contributed by atoms with E-state index in [0.29, 0.717) is 5.78 Å². The zero-order chi connectivity index (χ0) is 11.1. The van der Waals surface area contributed by atoms with Gasteiger partial charge in [0.05, 0.1) is 0 Å². The first-order valence-corrected chi connectivity index (χ1v) is 5.72. The van der Waals surface area contributed by atoms with E-state index in [1.807, 2.05) is 12.1 Å². The van der Waals surface area contributed by atoms with Gasteiger partial charge in [-0.05, 0) is 30.9 Å². The minimum Gasteiger partial charge on any atom is -0.294 e. The maximum Gasteiger partial charge on any atom is 0.169 e. The standard InChI is InChI=1S/C14H18O/c1-4-8-14(3)9-12-10(2)6-5-7-11(12)13(14)15/h5-7H,4,8-9H2,1-3H3. The molecule has 2 rings (SSSR count). The molecule has 0 radical (unpaired) electrons. The number of fused-ring (bicyclic) bond motifs is 1. The molecular formula is C14H18O. The number of aryl methyl sites for hydroxylation is 1. The molecule has 1 heteroatoms. The van der Waals surface area contributed by atoms with E-state index in [-0.39, 0.29) is 5.41 Å². The molecule has 0 saturated carbocycles. The molecule has 1 aromatic carbocycles. The number of hydrogen-bond acceptors (Lipinski definition) is 1. The van der Waals surface area contributed by atoms with Crippen LogP contribution in [0.5, 0.6) is 0 Å². The van der Waals surface area contributed by atoms with Crippen molar-refractivity contribution in [2.75, 3.05) is 0 Å². The van der Waals surface area contributed by atoms with Crippen LogP contribution in [0.3, 0.4) is 0 Å². The Hall–Kier alpha value is -1.11. The summed E-state index contributed by atoms with van der Waals surface area (Å²) in [5.74, 6) is 0.350. The zero-order valence-corrected chi connectivity index (χ0v) is 9.76. The summed E-state index contributed by atoms with van der Waals surface area (Å²) in [6.45, 7) is 6.36. The van der Waals surface area contributed by atoms with Crippen molar-refractivity contribution in [1.29, 1.82) is 0 Å². The lowest BCUT2D eigenvalue weighted by atomic mass is 9.81. The Morgan fingerprint density at radius 1 is 1.40 bits per heavy atom. The van der Waals surface area contributed by atoms with Gasteiger partial charge in [-0.3, -0.25) is 4.79 Å². The van der Waals surface area contributed by atoms with Crippen LogP contribution in [0.4, 0.5) is 0 Å². The molecule has 80 valence electrons. The molecule has 15 heavy (non-hydrogen) atoms. The van der Waals surface area contributed by atoms with Crippen molar-refractivity contribution < 1.29 is 4.79 Å². The minimum atomic E-state index is -0.136. The van der Waals surface area contributed by atoms with Gasteiger partial charge in [-0.2, -0.15) is 0 Å². The molecule has 0 N–H and O–H groups in total. The lowest BCUT2D eigenvalue weighted by molar-refractivity contribution is 0.0829. The summed E-state index contributed by atoms with van der Waals surface area (Å²) < 4.78 is 0. The van der Waals surface area contributed by atoms with Crippen LogP contribution < -0.4 is 0 Å². The predicted molar refractivity (Wildman–Crippen MR) is 62.2 cm³/mol. The van der Waals surface area contributed by atoms with Gasteiger partial charge in [-0.25, -0.2) is 0 Å². The van der Waals surface area contributed by atoms with Crippen LogP contribution in [0.2, 0.25) is 0 Å². The van der Waals surface area contributed by atoms with Crippen molar-refractivity contribution in [3.63, 3.8) is 0 Å². The monoisotopic (exact) mass is 202 g/mol. The molecule has 1 aliphatic carbocycles. The van der Waals surface area contributed by atoms with E-state index in [0.717, 1.165) is 24.8 Å². The van der Waals surface area contributed by atoms with Crippen LogP contribution in [0, 0.1) is 12.3 Å². The van der Waals surface area contributed by atoms with Crippen molar-refractivity contribution in [1.82, 2.24) is 0 Å². The van der Waals surface area contributed by atoms with Crippen molar-refractivity contribution in [3.05, 3.63) is 34.9 Å². The van der Waals surface area contributed by atoms with E-state index >= 15 is 0 Å². The second-order valence-corrected chi connectivity index (χ2v) is 4.92. The van der Waals surface area contributed by atoms with Crippen molar-refractivity contribution in [2.24, 2.45) is 5.41 Å². The molecule has 0 spiro atoms. The maximum atomic E-state index is 12.3. The minimum absolute atomic E-state index is 0.136. The fourth-order valence-corrected chi connectivity index (χ4v) is 2.70. The summed E-state index contributed by atoms with van der Waals surface area (Å²) in [5.41, 5.74) is 3.37. The molecule has 0 bridgehead atoms. The molecule has 1 atom stereocenters. The first-order chi connectivity index (χ1) is 7.08. The van der Waals surface area contributed by atoms with E-state index in [4.69, 9.17) is 0 Å². The van der Waals surface area contributed by atoms with Gasteiger partial charge >= 0.3 is 0 Å². The number of carbonyl (C=O) groups excluding carboxylic acids is 1. The first kappa shape index (κ1) is 10.4. The SMILES string of the molecule is CCCC1(C)Cc2c(C)cccc2C1=O. The number of hydrogen-bond donors (Lipinski definition) is 0. The highest BCUT2D eigenvalue weighted by Crippen LogP contribution is 2.41. The van der Waals surface area contributed by atoms with E-state index in [1.165, 1.54) is 11.1 Å².